The van der Waals surface area contributed by atoms with E-state index in [1.807, 2.05) is 0 Å². The molecule has 0 aliphatic rings. The van der Waals surface area contributed by atoms with E-state index in [0.717, 1.165) is 6.42 Å². The Balaban J connectivity index is 3.31. The molecule has 0 spiro atoms. The summed E-state index contributed by atoms with van der Waals surface area (Å²) < 4.78 is 0. The average Bonchev–Trinajstić information content (AvgIpc) is 1.82. The highest BCUT2D eigenvalue weighted by molar-refractivity contribution is 6.18. The number of nitrogens with one attached hydrogen (secondary N) is 1. The maximum absolute atomic E-state index is 5.65. The Hall–Kier alpha value is 0.250. The number of alkyl halides is 1. The van der Waals surface area contributed by atoms with Gasteiger partial charge in [0.1, 0.15) is 0 Å². The molecular formula is C7H16ClN. The summed E-state index contributed by atoms with van der Waals surface area (Å²) in [4.78, 5) is 0. The molecule has 0 saturated heterocycles. The van der Waals surface area contributed by atoms with Crippen molar-refractivity contribution in [3.8, 4) is 0 Å². The largest absolute Gasteiger partial charge is 0.311 e. The molecule has 0 aliphatic carbocycles. The van der Waals surface area contributed by atoms with E-state index in [2.05, 4.69) is 26.1 Å². The van der Waals surface area contributed by atoms with E-state index >= 15 is 0 Å². The van der Waals surface area contributed by atoms with Gasteiger partial charge in [-0.3, -0.25) is 0 Å². The maximum atomic E-state index is 5.65. The van der Waals surface area contributed by atoms with Crippen LogP contribution in [-0.4, -0.2) is 18.0 Å². The van der Waals surface area contributed by atoms with Gasteiger partial charge in [-0.25, -0.2) is 0 Å². The minimum absolute atomic E-state index is 0.492. The third kappa shape index (κ3) is 4.73. The number of halogens is 1. The molecule has 0 fully saturated rings. The Labute approximate surface area is 62.8 Å². The predicted molar refractivity (Wildman–Crippen MR) is 43.1 cm³/mol. The molecule has 0 aromatic carbocycles. The fraction of sp³-hybridized carbons (Fsp3) is 1.00. The normalized spacial score (nSPS) is 14.3. The summed E-state index contributed by atoms with van der Waals surface area (Å²) in [5.74, 6) is 0.717. The van der Waals surface area contributed by atoms with Gasteiger partial charge in [0.25, 0.3) is 0 Å². The molecule has 1 nitrogen and oxygen atoms in total. The van der Waals surface area contributed by atoms with Crippen LogP contribution in [0, 0.1) is 0 Å². The second-order valence-electron chi connectivity index (χ2n) is 2.58. The Morgan fingerprint density at radius 2 is 2.00 bits per heavy atom. The second kappa shape index (κ2) is 5.07. The summed E-state index contributed by atoms with van der Waals surface area (Å²) in [5, 5.41) is 3.35. The van der Waals surface area contributed by atoms with Crippen molar-refractivity contribution >= 4 is 11.6 Å². The quantitative estimate of drug-likeness (QED) is 0.603. The van der Waals surface area contributed by atoms with Gasteiger partial charge in [0.05, 0.1) is 0 Å². The molecule has 1 N–H and O–H groups in total. The van der Waals surface area contributed by atoms with Gasteiger partial charge in [0, 0.05) is 18.0 Å². The molecule has 0 amide bonds. The van der Waals surface area contributed by atoms with Gasteiger partial charge in [0.2, 0.25) is 0 Å². The standard InChI is InChI=1S/C7H16ClN/c1-4-7(5-8)9-6(2)3/h6-7,9H,4-5H2,1-3H3. The third-order valence-electron chi connectivity index (χ3n) is 1.25. The van der Waals surface area contributed by atoms with Crippen molar-refractivity contribution in [3.05, 3.63) is 0 Å². The lowest BCUT2D eigenvalue weighted by atomic mass is 10.2. The van der Waals surface area contributed by atoms with Gasteiger partial charge >= 0.3 is 0 Å². The van der Waals surface area contributed by atoms with Gasteiger partial charge in [-0.05, 0) is 6.42 Å². The van der Waals surface area contributed by atoms with Crippen molar-refractivity contribution < 1.29 is 0 Å². The van der Waals surface area contributed by atoms with Gasteiger partial charge < -0.3 is 5.32 Å². The molecule has 0 aliphatic heterocycles. The Morgan fingerprint density at radius 1 is 1.44 bits per heavy atom. The second-order valence-corrected chi connectivity index (χ2v) is 2.89. The molecule has 0 radical (unpaired) electrons. The molecule has 2 heteroatoms. The summed E-state index contributed by atoms with van der Waals surface area (Å²) in [6.45, 7) is 6.41. The van der Waals surface area contributed by atoms with Crippen LogP contribution in [0.3, 0.4) is 0 Å². The van der Waals surface area contributed by atoms with E-state index in [9.17, 15) is 0 Å². The molecule has 0 aromatic heterocycles. The van der Waals surface area contributed by atoms with Crippen molar-refractivity contribution in [3.63, 3.8) is 0 Å². The van der Waals surface area contributed by atoms with Crippen molar-refractivity contribution in [2.24, 2.45) is 0 Å². The smallest absolute Gasteiger partial charge is 0.0377 e. The maximum Gasteiger partial charge on any atom is 0.0377 e. The van der Waals surface area contributed by atoms with E-state index in [4.69, 9.17) is 11.6 Å². The van der Waals surface area contributed by atoms with Crippen molar-refractivity contribution in [2.45, 2.75) is 39.3 Å². The van der Waals surface area contributed by atoms with E-state index in [1.54, 1.807) is 0 Å². The first-order valence-corrected chi connectivity index (χ1v) is 4.06. The fourth-order valence-electron chi connectivity index (χ4n) is 0.743. The lowest BCUT2D eigenvalue weighted by molar-refractivity contribution is 0.483. The topological polar surface area (TPSA) is 12.0 Å². The zero-order valence-corrected chi connectivity index (χ0v) is 7.20. The zero-order valence-electron chi connectivity index (χ0n) is 6.45. The Morgan fingerprint density at radius 3 is 2.11 bits per heavy atom. The predicted octanol–water partition coefficient (Wildman–Crippen LogP) is 2.00. The number of hydrogen-bond donors (Lipinski definition) is 1. The monoisotopic (exact) mass is 149 g/mol. The Kier molecular flexibility index (Phi) is 5.21. The molecule has 0 saturated carbocycles. The lowest BCUT2D eigenvalue weighted by Gasteiger charge is -2.16. The van der Waals surface area contributed by atoms with Crippen molar-refractivity contribution in [1.29, 1.82) is 0 Å². The van der Waals surface area contributed by atoms with Crippen LogP contribution in [0.2, 0.25) is 0 Å². The van der Waals surface area contributed by atoms with E-state index in [-0.39, 0.29) is 0 Å². The molecule has 56 valence electrons. The average molecular weight is 150 g/mol. The van der Waals surface area contributed by atoms with Gasteiger partial charge in [0.15, 0.2) is 0 Å². The summed E-state index contributed by atoms with van der Waals surface area (Å²) in [6, 6.07) is 1.04. The van der Waals surface area contributed by atoms with Crippen LogP contribution in [0.4, 0.5) is 0 Å². The van der Waals surface area contributed by atoms with Crippen LogP contribution < -0.4 is 5.32 Å². The molecule has 1 unspecified atom stereocenters. The first kappa shape index (κ1) is 9.25. The van der Waals surface area contributed by atoms with Crippen LogP contribution in [0.25, 0.3) is 0 Å². The molecule has 0 bridgehead atoms. The minimum Gasteiger partial charge on any atom is -0.311 e. The van der Waals surface area contributed by atoms with E-state index in [1.165, 1.54) is 0 Å². The summed E-state index contributed by atoms with van der Waals surface area (Å²) in [5.41, 5.74) is 0. The number of hydrogen-bond acceptors (Lipinski definition) is 1. The summed E-state index contributed by atoms with van der Waals surface area (Å²) >= 11 is 5.65. The third-order valence-corrected chi connectivity index (χ3v) is 1.62. The van der Waals surface area contributed by atoms with Gasteiger partial charge in [-0.15, -0.1) is 11.6 Å². The molecule has 1 atom stereocenters. The minimum atomic E-state index is 0.492. The highest BCUT2D eigenvalue weighted by atomic mass is 35.5. The molecule has 9 heavy (non-hydrogen) atoms. The van der Waals surface area contributed by atoms with E-state index < -0.39 is 0 Å². The van der Waals surface area contributed by atoms with E-state index in [0.29, 0.717) is 18.0 Å². The zero-order chi connectivity index (χ0) is 7.28. The summed E-state index contributed by atoms with van der Waals surface area (Å²) in [7, 11) is 0. The molecule has 0 rings (SSSR count). The van der Waals surface area contributed by atoms with Gasteiger partial charge in [-0.2, -0.15) is 0 Å². The lowest BCUT2D eigenvalue weighted by Crippen LogP contribution is -2.35. The molecular weight excluding hydrogens is 134 g/mol. The van der Waals surface area contributed by atoms with Crippen LogP contribution in [-0.2, 0) is 0 Å². The highest BCUT2D eigenvalue weighted by Crippen LogP contribution is 1.95. The fourth-order valence-corrected chi connectivity index (χ4v) is 1.05. The highest BCUT2D eigenvalue weighted by Gasteiger charge is 2.03. The SMILES string of the molecule is CCC(CCl)NC(C)C. The summed E-state index contributed by atoms with van der Waals surface area (Å²) in [6.07, 6.45) is 1.11. The first-order valence-electron chi connectivity index (χ1n) is 3.52. The van der Waals surface area contributed by atoms with Crippen molar-refractivity contribution in [2.75, 3.05) is 5.88 Å². The molecule has 0 heterocycles. The van der Waals surface area contributed by atoms with Gasteiger partial charge in [-0.1, -0.05) is 20.8 Å². The van der Waals surface area contributed by atoms with Crippen LogP contribution in [0.1, 0.15) is 27.2 Å². The molecule has 0 aromatic rings. The number of rotatable bonds is 4. The van der Waals surface area contributed by atoms with Crippen LogP contribution in [0.15, 0.2) is 0 Å². The van der Waals surface area contributed by atoms with Crippen molar-refractivity contribution in [1.82, 2.24) is 5.32 Å². The van der Waals surface area contributed by atoms with Crippen LogP contribution in [0.5, 0.6) is 0 Å². The van der Waals surface area contributed by atoms with Crippen LogP contribution >= 0.6 is 11.6 Å². The Bertz CT molecular complexity index is 59.9. The first-order chi connectivity index (χ1) is 4.20.